The maximum Gasteiger partial charge on any atom is 0.292 e. The van der Waals surface area contributed by atoms with Crippen molar-refractivity contribution in [3.63, 3.8) is 0 Å². The molecule has 8 heteroatoms. The molecule has 0 aliphatic heterocycles. The highest BCUT2D eigenvalue weighted by atomic mass is 16.6. The minimum atomic E-state index is -0.635. The number of hydrogen-bond donors (Lipinski definition) is 3. The summed E-state index contributed by atoms with van der Waals surface area (Å²) in [4.78, 5) is 34.2. The fraction of sp³-hybridized carbons (Fsp3) is 0.467. The zero-order chi connectivity index (χ0) is 17.0. The lowest BCUT2D eigenvalue weighted by Crippen LogP contribution is -2.44. The van der Waals surface area contributed by atoms with Crippen molar-refractivity contribution in [2.24, 2.45) is 11.7 Å². The minimum Gasteiger partial charge on any atom is -0.393 e. The number of hydrogen-bond acceptors (Lipinski definition) is 5. The van der Waals surface area contributed by atoms with Gasteiger partial charge in [0.15, 0.2) is 0 Å². The van der Waals surface area contributed by atoms with Crippen LogP contribution in [0.2, 0.25) is 0 Å². The highest BCUT2D eigenvalue weighted by Gasteiger charge is 2.29. The van der Waals surface area contributed by atoms with E-state index in [-0.39, 0.29) is 23.0 Å². The van der Waals surface area contributed by atoms with Crippen LogP contribution < -0.4 is 16.8 Å². The Labute approximate surface area is 133 Å². The molecule has 1 fully saturated rings. The van der Waals surface area contributed by atoms with Crippen molar-refractivity contribution in [2.45, 2.75) is 38.1 Å². The Morgan fingerprint density at radius 2 is 1.91 bits per heavy atom. The Morgan fingerprint density at radius 3 is 2.57 bits per heavy atom. The van der Waals surface area contributed by atoms with Crippen LogP contribution in [-0.2, 0) is 4.79 Å². The van der Waals surface area contributed by atoms with Gasteiger partial charge in [0.05, 0.1) is 10.8 Å². The number of nitrogens with one attached hydrogen (secondary N) is 1. The van der Waals surface area contributed by atoms with Gasteiger partial charge in [-0.1, -0.05) is 19.3 Å². The summed E-state index contributed by atoms with van der Waals surface area (Å²) in [7, 11) is 0. The van der Waals surface area contributed by atoms with Crippen molar-refractivity contribution < 1.29 is 14.5 Å². The summed E-state index contributed by atoms with van der Waals surface area (Å²) in [5, 5.41) is 13.7. The first-order chi connectivity index (χ1) is 10.9. The summed E-state index contributed by atoms with van der Waals surface area (Å²) in [6.45, 7) is 0. The van der Waals surface area contributed by atoms with Crippen molar-refractivity contribution in [2.75, 3.05) is 5.73 Å². The Bertz CT molecular complexity index is 632. The van der Waals surface area contributed by atoms with E-state index in [1.54, 1.807) is 0 Å². The van der Waals surface area contributed by atoms with Crippen LogP contribution in [0.15, 0.2) is 18.2 Å². The van der Waals surface area contributed by atoms with E-state index in [9.17, 15) is 19.7 Å². The van der Waals surface area contributed by atoms with Crippen molar-refractivity contribution in [1.82, 2.24) is 5.32 Å². The Kier molecular flexibility index (Phi) is 5.15. The molecule has 23 heavy (non-hydrogen) atoms. The Hall–Kier alpha value is -2.64. The molecule has 0 unspecified atom stereocenters. The average Bonchev–Trinajstić information content (AvgIpc) is 2.72. The molecule has 0 aromatic heterocycles. The zero-order valence-electron chi connectivity index (χ0n) is 12.7. The van der Waals surface area contributed by atoms with Crippen molar-refractivity contribution in [1.29, 1.82) is 0 Å². The highest BCUT2D eigenvalue weighted by molar-refractivity contribution is 5.96. The largest absolute Gasteiger partial charge is 0.393 e. The summed E-state index contributed by atoms with van der Waals surface area (Å²) in [5.41, 5.74) is 10.8. The third-order valence-electron chi connectivity index (χ3n) is 4.19. The number of nitrogens with two attached hydrogens (primary N) is 2. The number of nitro groups is 1. The van der Waals surface area contributed by atoms with Gasteiger partial charge in [-0.05, 0) is 25.0 Å². The maximum absolute atomic E-state index is 12.4. The van der Waals surface area contributed by atoms with Gasteiger partial charge >= 0.3 is 0 Å². The molecule has 8 nitrogen and oxygen atoms in total. The van der Waals surface area contributed by atoms with E-state index in [0.717, 1.165) is 25.3 Å². The topological polar surface area (TPSA) is 141 Å². The zero-order valence-corrected chi connectivity index (χ0v) is 12.7. The van der Waals surface area contributed by atoms with E-state index in [1.807, 2.05) is 0 Å². The van der Waals surface area contributed by atoms with Crippen molar-refractivity contribution >= 4 is 23.2 Å². The van der Waals surface area contributed by atoms with Crippen molar-refractivity contribution in [3.05, 3.63) is 33.9 Å². The fourth-order valence-corrected chi connectivity index (χ4v) is 2.92. The van der Waals surface area contributed by atoms with Crippen LogP contribution in [0.1, 0.15) is 42.5 Å². The molecular weight excluding hydrogens is 300 g/mol. The van der Waals surface area contributed by atoms with E-state index in [0.29, 0.717) is 12.8 Å². The molecule has 1 aromatic rings. The highest BCUT2D eigenvalue weighted by Crippen LogP contribution is 2.25. The normalized spacial score (nSPS) is 21.2. The van der Waals surface area contributed by atoms with Gasteiger partial charge in [0.1, 0.15) is 5.69 Å². The van der Waals surface area contributed by atoms with Gasteiger partial charge in [0.2, 0.25) is 5.91 Å². The van der Waals surface area contributed by atoms with Crippen molar-refractivity contribution in [3.8, 4) is 0 Å². The molecule has 1 saturated carbocycles. The molecule has 124 valence electrons. The Morgan fingerprint density at radius 1 is 1.22 bits per heavy atom. The van der Waals surface area contributed by atoms with Gasteiger partial charge in [-0.15, -0.1) is 0 Å². The van der Waals surface area contributed by atoms with Gasteiger partial charge in [-0.2, -0.15) is 0 Å². The summed E-state index contributed by atoms with van der Waals surface area (Å²) in [5.74, 6) is -1.31. The number of rotatable bonds is 4. The molecule has 5 N–H and O–H groups in total. The minimum absolute atomic E-state index is 0.00368. The van der Waals surface area contributed by atoms with Crippen LogP contribution >= 0.6 is 0 Å². The number of carbonyl (C=O) groups excluding carboxylic acids is 2. The first-order valence-electron chi connectivity index (χ1n) is 7.54. The molecule has 1 aliphatic rings. The van der Waals surface area contributed by atoms with E-state index < -0.39 is 22.7 Å². The van der Waals surface area contributed by atoms with Gasteiger partial charge in [-0.25, -0.2) is 0 Å². The number of nitro benzene ring substituents is 1. The molecule has 0 spiro atoms. The summed E-state index contributed by atoms with van der Waals surface area (Å²) >= 11 is 0. The first kappa shape index (κ1) is 16.7. The van der Waals surface area contributed by atoms with Crippen LogP contribution in [0, 0.1) is 16.0 Å². The predicted molar refractivity (Wildman–Crippen MR) is 84.5 cm³/mol. The van der Waals surface area contributed by atoms with E-state index in [1.165, 1.54) is 12.1 Å². The summed E-state index contributed by atoms with van der Waals surface area (Å²) < 4.78 is 0. The fourth-order valence-electron chi connectivity index (χ4n) is 2.92. The van der Waals surface area contributed by atoms with Crippen LogP contribution in [0.4, 0.5) is 11.4 Å². The third kappa shape index (κ3) is 3.97. The molecule has 0 saturated heterocycles. The molecule has 0 heterocycles. The standard InChI is InChI=1S/C15H20N4O4/c16-11-7-6-9(8-13(11)19(22)23)15(21)18-12-5-3-1-2-4-10(12)14(17)20/h6-8,10,12H,1-5,16H2,(H2,17,20)(H,18,21)/t10-,12+/m0/s1. The molecule has 0 bridgehead atoms. The number of amides is 2. The molecule has 1 aliphatic carbocycles. The number of anilines is 1. The molecule has 2 rings (SSSR count). The number of carbonyl (C=O) groups is 2. The first-order valence-corrected chi connectivity index (χ1v) is 7.54. The van der Waals surface area contributed by atoms with Gasteiger partial charge < -0.3 is 16.8 Å². The maximum atomic E-state index is 12.4. The lowest BCUT2D eigenvalue weighted by Gasteiger charge is -2.23. The van der Waals surface area contributed by atoms with E-state index in [2.05, 4.69) is 5.32 Å². The monoisotopic (exact) mass is 320 g/mol. The lowest BCUT2D eigenvalue weighted by molar-refractivity contribution is -0.383. The van der Waals surface area contributed by atoms with Gasteiger partial charge in [-0.3, -0.25) is 19.7 Å². The predicted octanol–water partition coefficient (Wildman–Crippen LogP) is 1.34. The van der Waals surface area contributed by atoms with Crippen LogP contribution in [-0.4, -0.2) is 22.8 Å². The van der Waals surface area contributed by atoms with Gasteiger partial charge in [0.25, 0.3) is 11.6 Å². The van der Waals surface area contributed by atoms with Crippen LogP contribution in [0.3, 0.4) is 0 Å². The van der Waals surface area contributed by atoms with Gasteiger partial charge in [0, 0.05) is 17.7 Å². The second kappa shape index (κ2) is 7.08. The second-order valence-corrected chi connectivity index (χ2v) is 5.76. The summed E-state index contributed by atoms with van der Waals surface area (Å²) in [6.07, 6.45) is 4.09. The number of nitrogen functional groups attached to an aromatic ring is 1. The molecule has 2 amide bonds. The number of primary amides is 1. The number of benzene rings is 1. The summed E-state index contributed by atoms with van der Waals surface area (Å²) in [6, 6.07) is 3.54. The number of nitrogens with zero attached hydrogens (tertiary/aromatic N) is 1. The molecular formula is C15H20N4O4. The average molecular weight is 320 g/mol. The Balaban J connectivity index is 2.18. The smallest absolute Gasteiger partial charge is 0.292 e. The molecule has 0 radical (unpaired) electrons. The van der Waals surface area contributed by atoms with Crippen LogP contribution in [0.5, 0.6) is 0 Å². The quantitative estimate of drug-likeness (QED) is 0.332. The van der Waals surface area contributed by atoms with E-state index >= 15 is 0 Å². The third-order valence-corrected chi connectivity index (χ3v) is 4.19. The van der Waals surface area contributed by atoms with E-state index in [4.69, 9.17) is 11.5 Å². The molecule has 2 atom stereocenters. The lowest BCUT2D eigenvalue weighted by atomic mass is 9.93. The SMILES string of the molecule is NC(=O)[C@H]1CCCCC[C@H]1NC(=O)c1ccc(N)c([N+](=O)[O-])c1. The molecule has 1 aromatic carbocycles. The van der Waals surface area contributed by atoms with Crippen LogP contribution in [0.25, 0.3) is 0 Å². The second-order valence-electron chi connectivity index (χ2n) is 5.76.